The van der Waals surface area contributed by atoms with Gasteiger partial charge in [0.05, 0.1) is 12.0 Å². The second kappa shape index (κ2) is 3.74. The summed E-state index contributed by atoms with van der Waals surface area (Å²) < 4.78 is 2.13. The zero-order valence-electron chi connectivity index (χ0n) is 7.76. The fraction of sp³-hybridized carbons (Fsp3) is 0.700. The molecular weight excluding hydrogens is 148 g/mol. The third-order valence-corrected chi connectivity index (χ3v) is 1.42. The first kappa shape index (κ1) is 11.2. The number of nitrogens with zero attached hydrogens (tertiary/aromatic N) is 2. The molecule has 0 aromatic carbocycles. The lowest BCUT2D eigenvalue weighted by molar-refractivity contribution is 0.343. The first-order valence-corrected chi connectivity index (χ1v) is 3.96. The van der Waals surface area contributed by atoms with Gasteiger partial charge in [-0.1, -0.05) is 28.2 Å². The van der Waals surface area contributed by atoms with Gasteiger partial charge in [0.15, 0.2) is 0 Å². The summed E-state index contributed by atoms with van der Waals surface area (Å²) in [5.74, 6) is 0. The topological polar surface area (TPSA) is 17.8 Å². The van der Waals surface area contributed by atoms with Crippen LogP contribution in [0.25, 0.3) is 0 Å². The molecule has 70 valence electrons. The minimum atomic E-state index is 0. The molecular formula is C10H20N2. The molecule has 0 amide bonds. The Morgan fingerprint density at radius 3 is 2.33 bits per heavy atom. The lowest BCUT2D eigenvalue weighted by atomic mass is 9.97. The van der Waals surface area contributed by atoms with E-state index >= 15 is 0 Å². The summed E-state index contributed by atoms with van der Waals surface area (Å²) in [6, 6.07) is 0. The molecule has 2 heteroatoms. The average Bonchev–Trinajstić information content (AvgIpc) is 2.10. The SMILES string of the molecule is C.Cc1cn(CC(C)(C)C)cn1. The Balaban J connectivity index is 0.00000121. The van der Waals surface area contributed by atoms with E-state index in [0.29, 0.717) is 5.41 Å². The van der Waals surface area contributed by atoms with Crippen LogP contribution in [-0.2, 0) is 6.54 Å². The van der Waals surface area contributed by atoms with Gasteiger partial charge in [0.25, 0.3) is 0 Å². The number of rotatable bonds is 1. The third kappa shape index (κ3) is 3.56. The molecule has 0 aliphatic heterocycles. The Bertz CT molecular complexity index is 230. The van der Waals surface area contributed by atoms with Crippen molar-refractivity contribution in [1.82, 2.24) is 9.55 Å². The molecule has 0 atom stereocenters. The number of hydrogen-bond donors (Lipinski definition) is 0. The molecule has 0 aliphatic rings. The zero-order valence-corrected chi connectivity index (χ0v) is 7.76. The second-order valence-corrected chi connectivity index (χ2v) is 4.25. The van der Waals surface area contributed by atoms with Crippen LogP contribution in [0.4, 0.5) is 0 Å². The molecule has 0 N–H and O–H groups in total. The van der Waals surface area contributed by atoms with E-state index in [1.54, 1.807) is 0 Å². The zero-order chi connectivity index (χ0) is 8.48. The number of aryl methyl sites for hydroxylation is 1. The van der Waals surface area contributed by atoms with Gasteiger partial charge in [-0.15, -0.1) is 0 Å². The van der Waals surface area contributed by atoms with Gasteiger partial charge in [0, 0.05) is 12.7 Å². The summed E-state index contributed by atoms with van der Waals surface area (Å²) in [5.41, 5.74) is 1.43. The molecule has 0 aliphatic carbocycles. The van der Waals surface area contributed by atoms with Crippen LogP contribution in [0.1, 0.15) is 33.9 Å². The van der Waals surface area contributed by atoms with Crippen LogP contribution >= 0.6 is 0 Å². The summed E-state index contributed by atoms with van der Waals surface area (Å²) in [7, 11) is 0. The summed E-state index contributed by atoms with van der Waals surface area (Å²) in [5, 5.41) is 0. The molecule has 1 aromatic rings. The number of imidazole rings is 1. The van der Waals surface area contributed by atoms with Crippen LogP contribution < -0.4 is 0 Å². The van der Waals surface area contributed by atoms with Gasteiger partial charge < -0.3 is 4.57 Å². The van der Waals surface area contributed by atoms with E-state index in [-0.39, 0.29) is 7.43 Å². The highest BCUT2D eigenvalue weighted by Gasteiger charge is 2.10. The fourth-order valence-electron chi connectivity index (χ4n) is 1.11. The highest BCUT2D eigenvalue weighted by atomic mass is 15.0. The van der Waals surface area contributed by atoms with Gasteiger partial charge in [0.1, 0.15) is 0 Å². The van der Waals surface area contributed by atoms with Crippen molar-refractivity contribution in [1.29, 1.82) is 0 Å². The quantitative estimate of drug-likeness (QED) is 0.630. The predicted molar refractivity (Wildman–Crippen MR) is 53.2 cm³/mol. The minimum absolute atomic E-state index is 0. The summed E-state index contributed by atoms with van der Waals surface area (Å²) in [6.45, 7) is 9.72. The molecule has 1 rings (SSSR count). The van der Waals surface area contributed by atoms with Crippen molar-refractivity contribution in [2.75, 3.05) is 0 Å². The van der Waals surface area contributed by atoms with Gasteiger partial charge in [0.2, 0.25) is 0 Å². The molecule has 0 bridgehead atoms. The van der Waals surface area contributed by atoms with Crippen LogP contribution in [0.3, 0.4) is 0 Å². The van der Waals surface area contributed by atoms with Crippen molar-refractivity contribution in [3.63, 3.8) is 0 Å². The minimum Gasteiger partial charge on any atom is -0.337 e. The largest absolute Gasteiger partial charge is 0.337 e. The Labute approximate surface area is 75.6 Å². The van der Waals surface area contributed by atoms with Crippen molar-refractivity contribution in [2.24, 2.45) is 5.41 Å². The third-order valence-electron chi connectivity index (χ3n) is 1.42. The molecule has 0 saturated carbocycles. The van der Waals surface area contributed by atoms with Crippen molar-refractivity contribution in [3.05, 3.63) is 18.2 Å². The standard InChI is InChI=1S/C9H16N2.CH4/c1-8-5-11(7-10-8)6-9(2,3)4;/h5,7H,6H2,1-4H3;1H4. The van der Waals surface area contributed by atoms with Crippen molar-refractivity contribution in [2.45, 2.75) is 41.7 Å². The van der Waals surface area contributed by atoms with Crippen LogP contribution in [0.2, 0.25) is 0 Å². The van der Waals surface area contributed by atoms with E-state index in [2.05, 4.69) is 36.5 Å². The van der Waals surface area contributed by atoms with Crippen LogP contribution in [0, 0.1) is 12.3 Å². The van der Waals surface area contributed by atoms with Gasteiger partial charge >= 0.3 is 0 Å². The van der Waals surface area contributed by atoms with E-state index in [4.69, 9.17) is 0 Å². The Morgan fingerprint density at radius 2 is 2.00 bits per heavy atom. The second-order valence-electron chi connectivity index (χ2n) is 4.25. The average molecular weight is 168 g/mol. The number of hydrogen-bond acceptors (Lipinski definition) is 1. The first-order chi connectivity index (χ1) is 4.97. The molecule has 1 heterocycles. The molecule has 2 nitrogen and oxygen atoms in total. The van der Waals surface area contributed by atoms with E-state index < -0.39 is 0 Å². The number of aromatic nitrogens is 2. The van der Waals surface area contributed by atoms with E-state index in [1.807, 2.05) is 13.3 Å². The smallest absolute Gasteiger partial charge is 0.0949 e. The highest BCUT2D eigenvalue weighted by molar-refractivity contribution is 4.92. The lowest BCUT2D eigenvalue weighted by Gasteiger charge is -2.18. The molecule has 0 unspecified atom stereocenters. The molecule has 0 fully saturated rings. The molecule has 12 heavy (non-hydrogen) atoms. The predicted octanol–water partition coefficient (Wildman–Crippen LogP) is 2.87. The molecule has 0 saturated heterocycles. The molecule has 0 radical (unpaired) electrons. The Morgan fingerprint density at radius 1 is 1.42 bits per heavy atom. The van der Waals surface area contributed by atoms with Crippen LogP contribution in [0.15, 0.2) is 12.5 Å². The van der Waals surface area contributed by atoms with Crippen molar-refractivity contribution >= 4 is 0 Å². The van der Waals surface area contributed by atoms with E-state index in [1.165, 1.54) is 0 Å². The van der Waals surface area contributed by atoms with Crippen molar-refractivity contribution in [3.8, 4) is 0 Å². The lowest BCUT2D eigenvalue weighted by Crippen LogP contribution is -2.13. The van der Waals surface area contributed by atoms with E-state index in [9.17, 15) is 0 Å². The first-order valence-electron chi connectivity index (χ1n) is 3.96. The molecule has 0 spiro atoms. The highest BCUT2D eigenvalue weighted by Crippen LogP contribution is 2.15. The van der Waals surface area contributed by atoms with Gasteiger partial charge in [-0.05, 0) is 12.3 Å². The van der Waals surface area contributed by atoms with Gasteiger partial charge in [-0.2, -0.15) is 0 Å². The maximum absolute atomic E-state index is 4.16. The Hall–Kier alpha value is -0.790. The maximum atomic E-state index is 4.16. The fourth-order valence-corrected chi connectivity index (χ4v) is 1.11. The Kier molecular flexibility index (Phi) is 3.50. The maximum Gasteiger partial charge on any atom is 0.0949 e. The van der Waals surface area contributed by atoms with Gasteiger partial charge in [-0.25, -0.2) is 4.98 Å². The summed E-state index contributed by atoms with van der Waals surface area (Å²) in [6.07, 6.45) is 3.96. The monoisotopic (exact) mass is 168 g/mol. The normalized spacial score (nSPS) is 11.0. The van der Waals surface area contributed by atoms with Crippen LogP contribution in [-0.4, -0.2) is 9.55 Å². The van der Waals surface area contributed by atoms with Crippen molar-refractivity contribution < 1.29 is 0 Å². The van der Waals surface area contributed by atoms with E-state index in [0.717, 1.165) is 12.2 Å². The summed E-state index contributed by atoms with van der Waals surface area (Å²) in [4.78, 5) is 4.16. The van der Waals surface area contributed by atoms with Gasteiger partial charge in [-0.3, -0.25) is 0 Å². The van der Waals surface area contributed by atoms with Crippen LogP contribution in [0.5, 0.6) is 0 Å². The molecule has 1 aromatic heterocycles. The summed E-state index contributed by atoms with van der Waals surface area (Å²) >= 11 is 0.